The minimum atomic E-state index is -4.78. The highest BCUT2D eigenvalue weighted by Gasteiger charge is 2.38. The van der Waals surface area contributed by atoms with Crippen molar-refractivity contribution < 1.29 is 32.3 Å². The summed E-state index contributed by atoms with van der Waals surface area (Å²) in [6, 6.07) is 4.52. The summed E-state index contributed by atoms with van der Waals surface area (Å²) < 4.78 is 40.3. The number of piperidine rings is 1. The van der Waals surface area contributed by atoms with Crippen molar-refractivity contribution in [2.24, 2.45) is 0 Å². The fourth-order valence-electron chi connectivity index (χ4n) is 3.03. The lowest BCUT2D eigenvalue weighted by Crippen LogP contribution is -2.48. The van der Waals surface area contributed by atoms with E-state index in [9.17, 15) is 27.6 Å². The Morgan fingerprint density at radius 1 is 1.12 bits per heavy atom. The number of ether oxygens (including phenoxy) is 1. The number of nitrogens with zero attached hydrogens (tertiary/aromatic N) is 2. The zero-order chi connectivity index (χ0) is 18.9. The van der Waals surface area contributed by atoms with Crippen molar-refractivity contribution in [3.05, 3.63) is 29.8 Å². The van der Waals surface area contributed by atoms with E-state index in [1.54, 1.807) is 4.90 Å². The van der Waals surface area contributed by atoms with E-state index < -0.39 is 12.1 Å². The summed E-state index contributed by atoms with van der Waals surface area (Å²) in [7, 11) is 0. The molecular formula is C16H15F3N2O4S. The van der Waals surface area contributed by atoms with Crippen LogP contribution in [0.15, 0.2) is 24.3 Å². The molecular weight excluding hydrogens is 373 g/mol. The number of likely N-dealkylation sites (tertiary alicyclic amines) is 1. The van der Waals surface area contributed by atoms with Crippen LogP contribution in [0.5, 0.6) is 5.75 Å². The molecule has 3 amide bonds. The monoisotopic (exact) mass is 388 g/mol. The molecule has 0 aliphatic carbocycles. The Kier molecular flexibility index (Phi) is 5.12. The van der Waals surface area contributed by atoms with Crippen molar-refractivity contribution in [1.82, 2.24) is 9.80 Å². The third kappa shape index (κ3) is 4.12. The average molecular weight is 388 g/mol. The van der Waals surface area contributed by atoms with Crippen molar-refractivity contribution in [1.29, 1.82) is 0 Å². The molecule has 10 heteroatoms. The second-order valence-electron chi connectivity index (χ2n) is 5.91. The Morgan fingerprint density at radius 3 is 2.23 bits per heavy atom. The van der Waals surface area contributed by atoms with Crippen LogP contribution >= 0.6 is 11.8 Å². The van der Waals surface area contributed by atoms with Crippen molar-refractivity contribution in [2.75, 3.05) is 18.8 Å². The van der Waals surface area contributed by atoms with Gasteiger partial charge in [0.15, 0.2) is 0 Å². The molecule has 0 saturated carbocycles. The molecule has 0 atom stereocenters. The molecule has 2 aliphatic heterocycles. The largest absolute Gasteiger partial charge is 0.573 e. The third-order valence-electron chi connectivity index (χ3n) is 4.24. The Balaban J connectivity index is 1.58. The average Bonchev–Trinajstić information content (AvgIpc) is 2.92. The number of amides is 3. The molecule has 6 nitrogen and oxygen atoms in total. The number of hydrogen-bond donors (Lipinski definition) is 0. The normalized spacial score (nSPS) is 19.2. The maximum Gasteiger partial charge on any atom is 0.573 e. The van der Waals surface area contributed by atoms with Crippen LogP contribution < -0.4 is 4.74 Å². The summed E-state index contributed by atoms with van der Waals surface area (Å²) in [4.78, 5) is 38.8. The van der Waals surface area contributed by atoms with Gasteiger partial charge in [-0.2, -0.15) is 0 Å². The van der Waals surface area contributed by atoms with Gasteiger partial charge in [-0.15, -0.1) is 13.2 Å². The van der Waals surface area contributed by atoms with Gasteiger partial charge < -0.3 is 9.64 Å². The third-order valence-corrected chi connectivity index (χ3v) is 5.07. The van der Waals surface area contributed by atoms with Crippen molar-refractivity contribution >= 4 is 28.8 Å². The summed E-state index contributed by atoms with van der Waals surface area (Å²) in [6.45, 7) is 0.734. The highest BCUT2D eigenvalue weighted by atomic mass is 32.2. The molecule has 1 aromatic rings. The first-order valence-corrected chi connectivity index (χ1v) is 8.87. The van der Waals surface area contributed by atoms with Gasteiger partial charge in [0.1, 0.15) is 5.75 Å². The van der Waals surface area contributed by atoms with E-state index in [-0.39, 0.29) is 34.4 Å². The zero-order valence-electron chi connectivity index (χ0n) is 13.5. The molecule has 0 N–H and O–H groups in total. The van der Waals surface area contributed by atoms with Gasteiger partial charge in [-0.05, 0) is 37.1 Å². The van der Waals surface area contributed by atoms with Gasteiger partial charge in [-0.1, -0.05) is 11.8 Å². The topological polar surface area (TPSA) is 66.9 Å². The molecule has 0 spiro atoms. The Bertz CT molecular complexity index is 699. The number of rotatable bonds is 3. The first-order chi connectivity index (χ1) is 12.2. The summed E-state index contributed by atoms with van der Waals surface area (Å²) in [5, 5.41) is -0.250. The van der Waals surface area contributed by atoms with Crippen LogP contribution in [0.25, 0.3) is 0 Å². The van der Waals surface area contributed by atoms with E-state index in [4.69, 9.17) is 0 Å². The predicted octanol–water partition coefficient (Wildman–Crippen LogP) is 2.89. The van der Waals surface area contributed by atoms with Crippen LogP contribution in [0.3, 0.4) is 0 Å². The first-order valence-electron chi connectivity index (χ1n) is 7.88. The van der Waals surface area contributed by atoms with Gasteiger partial charge in [-0.25, -0.2) is 0 Å². The smallest absolute Gasteiger partial charge is 0.406 e. The highest BCUT2D eigenvalue weighted by Crippen LogP contribution is 2.28. The van der Waals surface area contributed by atoms with E-state index in [2.05, 4.69) is 4.74 Å². The number of thioether (sulfide) groups is 1. The van der Waals surface area contributed by atoms with Crippen molar-refractivity contribution in [3.8, 4) is 5.75 Å². The maximum absolute atomic E-state index is 12.5. The summed E-state index contributed by atoms with van der Waals surface area (Å²) in [5.41, 5.74) is 0.252. The number of carbonyl (C=O) groups is 3. The summed E-state index contributed by atoms with van der Waals surface area (Å²) in [5.74, 6) is -0.749. The number of benzene rings is 1. The highest BCUT2D eigenvalue weighted by molar-refractivity contribution is 8.14. The molecule has 0 bridgehead atoms. The summed E-state index contributed by atoms with van der Waals surface area (Å²) in [6.07, 6.45) is -3.81. The molecule has 0 unspecified atom stereocenters. The number of alkyl halides is 3. The lowest BCUT2D eigenvalue weighted by atomic mass is 10.0. The van der Waals surface area contributed by atoms with Gasteiger partial charge >= 0.3 is 6.36 Å². The van der Waals surface area contributed by atoms with Crippen LogP contribution in [-0.4, -0.2) is 58.1 Å². The van der Waals surface area contributed by atoms with Gasteiger partial charge in [-0.3, -0.25) is 19.3 Å². The molecule has 2 aliphatic rings. The van der Waals surface area contributed by atoms with Crippen molar-refractivity contribution in [3.63, 3.8) is 0 Å². The van der Waals surface area contributed by atoms with Gasteiger partial charge in [0.2, 0.25) is 5.91 Å². The Hall–Kier alpha value is -2.23. The Morgan fingerprint density at radius 2 is 1.73 bits per heavy atom. The minimum absolute atomic E-state index is 0.157. The second-order valence-corrected chi connectivity index (χ2v) is 6.84. The van der Waals surface area contributed by atoms with Crippen LogP contribution in [0.2, 0.25) is 0 Å². The van der Waals surface area contributed by atoms with Crippen molar-refractivity contribution in [2.45, 2.75) is 25.2 Å². The van der Waals surface area contributed by atoms with Crippen LogP contribution in [-0.2, 0) is 4.79 Å². The van der Waals surface area contributed by atoms with E-state index in [1.165, 1.54) is 17.0 Å². The molecule has 0 aromatic heterocycles. The molecule has 2 fully saturated rings. The fraction of sp³-hybridized carbons (Fsp3) is 0.438. The van der Waals surface area contributed by atoms with Gasteiger partial charge in [0.05, 0.1) is 5.75 Å². The van der Waals surface area contributed by atoms with E-state index in [1.807, 2.05) is 0 Å². The van der Waals surface area contributed by atoms with E-state index in [0.717, 1.165) is 23.9 Å². The molecule has 140 valence electrons. The SMILES string of the molecule is O=C(c1ccc(OC(F)(F)F)cc1)N1CCC(N2C(=O)CSC2=O)CC1. The van der Waals surface area contributed by atoms with Gasteiger partial charge in [0.25, 0.3) is 11.1 Å². The summed E-state index contributed by atoms with van der Waals surface area (Å²) >= 11 is 0.981. The molecule has 0 radical (unpaired) electrons. The quantitative estimate of drug-likeness (QED) is 0.797. The lowest BCUT2D eigenvalue weighted by Gasteiger charge is -2.35. The van der Waals surface area contributed by atoms with Crippen LogP contribution in [0, 0.1) is 0 Å². The second kappa shape index (κ2) is 7.18. The van der Waals surface area contributed by atoms with Gasteiger partial charge in [0, 0.05) is 24.7 Å². The predicted molar refractivity (Wildman–Crippen MR) is 86.8 cm³/mol. The van der Waals surface area contributed by atoms with Crippen LogP contribution in [0.4, 0.5) is 18.0 Å². The number of hydrogen-bond acceptors (Lipinski definition) is 5. The number of halogens is 3. The van der Waals surface area contributed by atoms with E-state index in [0.29, 0.717) is 25.9 Å². The maximum atomic E-state index is 12.5. The number of carbonyl (C=O) groups excluding carboxylic acids is 3. The Labute approximate surface area is 151 Å². The zero-order valence-corrected chi connectivity index (χ0v) is 14.3. The first kappa shape index (κ1) is 18.6. The molecule has 1 aromatic carbocycles. The fourth-order valence-corrected chi connectivity index (χ4v) is 3.80. The molecule has 2 saturated heterocycles. The molecule has 3 rings (SSSR count). The minimum Gasteiger partial charge on any atom is -0.406 e. The number of imide groups is 1. The van der Waals surface area contributed by atoms with Crippen LogP contribution in [0.1, 0.15) is 23.2 Å². The molecule has 26 heavy (non-hydrogen) atoms. The van der Waals surface area contributed by atoms with E-state index >= 15 is 0 Å². The lowest BCUT2D eigenvalue weighted by molar-refractivity contribution is -0.274. The molecule has 2 heterocycles. The standard InChI is InChI=1S/C16H15F3N2O4S/c17-16(18,19)25-12-3-1-10(2-4-12)14(23)20-7-5-11(6-8-20)21-13(22)9-26-15(21)24/h1-4,11H,5-9H2.